The number of alkyl halides is 3. The zero-order valence-corrected chi connectivity index (χ0v) is 15.0. The second kappa shape index (κ2) is 7.69. The van der Waals surface area contributed by atoms with Gasteiger partial charge in [-0.15, -0.1) is 10.2 Å². The summed E-state index contributed by atoms with van der Waals surface area (Å²) in [6.45, 7) is 2.58. The lowest BCUT2D eigenvalue weighted by Crippen LogP contribution is -2.23. The van der Waals surface area contributed by atoms with E-state index in [0.717, 1.165) is 50.2 Å². The molecular formula is C17H19F3N4OS. The van der Waals surface area contributed by atoms with Crippen LogP contribution in [-0.2, 0) is 23.9 Å². The average Bonchev–Trinajstić information content (AvgIpc) is 2.81. The van der Waals surface area contributed by atoms with Gasteiger partial charge in [0.25, 0.3) is 0 Å². The number of nitrogens with zero attached hydrogens (tertiary/aromatic N) is 3. The zero-order chi connectivity index (χ0) is 18.7. The van der Waals surface area contributed by atoms with E-state index in [0.29, 0.717) is 10.8 Å². The first-order valence-electron chi connectivity index (χ1n) is 8.41. The molecule has 1 N–H and O–H groups in total. The van der Waals surface area contributed by atoms with Crippen molar-refractivity contribution in [2.24, 2.45) is 0 Å². The predicted molar refractivity (Wildman–Crippen MR) is 93.0 cm³/mol. The van der Waals surface area contributed by atoms with E-state index in [1.807, 2.05) is 0 Å². The third-order valence-electron chi connectivity index (χ3n) is 4.21. The second-order valence-corrected chi connectivity index (χ2v) is 7.49. The Hall–Kier alpha value is -2.03. The van der Waals surface area contributed by atoms with E-state index in [2.05, 4.69) is 20.1 Å². The van der Waals surface area contributed by atoms with Gasteiger partial charge in [-0.2, -0.15) is 13.2 Å². The number of fused-ring (bicyclic) bond motifs is 1. The van der Waals surface area contributed by atoms with Crippen molar-refractivity contribution in [2.75, 3.05) is 5.32 Å². The first-order valence-corrected chi connectivity index (χ1v) is 9.29. The van der Waals surface area contributed by atoms with Crippen LogP contribution in [-0.4, -0.2) is 25.9 Å². The van der Waals surface area contributed by atoms with Crippen LogP contribution in [0.2, 0.25) is 0 Å². The summed E-state index contributed by atoms with van der Waals surface area (Å²) in [5, 5.41) is 11.3. The number of amides is 1. The summed E-state index contributed by atoms with van der Waals surface area (Å²) in [6, 6.07) is 4.40. The minimum atomic E-state index is -4.39. The summed E-state index contributed by atoms with van der Waals surface area (Å²) in [4.78, 5) is 12.3. The number of halogens is 3. The van der Waals surface area contributed by atoms with E-state index in [9.17, 15) is 18.0 Å². The molecule has 1 aromatic heterocycles. The summed E-state index contributed by atoms with van der Waals surface area (Å²) < 4.78 is 39.8. The molecule has 1 unspecified atom stereocenters. The van der Waals surface area contributed by atoms with Crippen LogP contribution in [0.25, 0.3) is 0 Å². The number of carbonyl (C=O) groups is 1. The number of thioether (sulfide) groups is 1. The summed E-state index contributed by atoms with van der Waals surface area (Å²) in [5.74, 6) is 0.654. The van der Waals surface area contributed by atoms with E-state index in [-0.39, 0.29) is 5.91 Å². The van der Waals surface area contributed by atoms with Gasteiger partial charge in [-0.25, -0.2) is 0 Å². The van der Waals surface area contributed by atoms with Crippen LogP contribution in [0.3, 0.4) is 0 Å². The van der Waals surface area contributed by atoms with E-state index < -0.39 is 17.0 Å². The largest absolute Gasteiger partial charge is 0.416 e. The van der Waals surface area contributed by atoms with Gasteiger partial charge in [0.15, 0.2) is 5.16 Å². The smallest absolute Gasteiger partial charge is 0.325 e. The van der Waals surface area contributed by atoms with Crippen LogP contribution in [0, 0.1) is 0 Å². The molecule has 0 spiro atoms. The molecular weight excluding hydrogens is 365 g/mol. The maximum Gasteiger partial charge on any atom is 0.416 e. The first-order chi connectivity index (χ1) is 12.3. The fourth-order valence-corrected chi connectivity index (χ4v) is 3.64. The lowest BCUT2D eigenvalue weighted by atomic mass is 10.2. The summed E-state index contributed by atoms with van der Waals surface area (Å²) in [5.41, 5.74) is -0.417. The Morgan fingerprint density at radius 2 is 1.92 bits per heavy atom. The summed E-state index contributed by atoms with van der Waals surface area (Å²) >= 11 is 1.31. The van der Waals surface area contributed by atoms with Gasteiger partial charge in [0.2, 0.25) is 5.91 Å². The first kappa shape index (κ1) is 18.8. The number of aryl methyl sites for hydroxylation is 1. The average molecular weight is 384 g/mol. The van der Waals surface area contributed by atoms with Crippen molar-refractivity contribution in [3.8, 4) is 0 Å². The number of benzene rings is 1. The molecule has 2 heterocycles. The number of rotatable bonds is 4. The maximum absolute atomic E-state index is 12.6. The quantitative estimate of drug-likeness (QED) is 0.805. The monoisotopic (exact) mass is 384 g/mol. The van der Waals surface area contributed by atoms with Gasteiger partial charge in [0.05, 0.1) is 10.8 Å². The molecule has 140 valence electrons. The molecule has 0 fully saturated rings. The highest BCUT2D eigenvalue weighted by atomic mass is 32.2. The fraction of sp³-hybridized carbons (Fsp3) is 0.471. The van der Waals surface area contributed by atoms with Gasteiger partial charge in [0, 0.05) is 18.7 Å². The van der Waals surface area contributed by atoms with Crippen molar-refractivity contribution in [1.29, 1.82) is 0 Å². The number of hydrogen-bond acceptors (Lipinski definition) is 4. The highest BCUT2D eigenvalue weighted by molar-refractivity contribution is 8.00. The van der Waals surface area contributed by atoms with Gasteiger partial charge in [-0.1, -0.05) is 18.2 Å². The van der Waals surface area contributed by atoms with Crippen molar-refractivity contribution < 1.29 is 18.0 Å². The molecule has 3 rings (SSSR count). The summed E-state index contributed by atoms with van der Waals surface area (Å²) in [7, 11) is 0. The van der Waals surface area contributed by atoms with Crippen LogP contribution in [0.15, 0.2) is 29.4 Å². The molecule has 1 amide bonds. The van der Waals surface area contributed by atoms with E-state index >= 15 is 0 Å². The molecule has 1 aliphatic rings. The molecule has 1 aromatic carbocycles. The van der Waals surface area contributed by atoms with Crippen LogP contribution < -0.4 is 5.32 Å². The molecule has 0 saturated heterocycles. The second-order valence-electron chi connectivity index (χ2n) is 6.19. The topological polar surface area (TPSA) is 59.8 Å². The number of carbonyl (C=O) groups excluding carboxylic acids is 1. The van der Waals surface area contributed by atoms with Crippen molar-refractivity contribution in [3.63, 3.8) is 0 Å². The standard InChI is InChI=1S/C17H19F3N4OS/c1-11(26-16-23-22-14-5-3-2-4-10-24(14)16)15(25)21-13-8-6-12(7-9-13)17(18,19)20/h6-9,11H,2-5,10H2,1H3,(H,21,25). The van der Waals surface area contributed by atoms with Crippen molar-refractivity contribution in [1.82, 2.24) is 14.8 Å². The number of hydrogen-bond donors (Lipinski definition) is 1. The highest BCUT2D eigenvalue weighted by Crippen LogP contribution is 2.30. The van der Waals surface area contributed by atoms with Crippen molar-refractivity contribution in [3.05, 3.63) is 35.7 Å². The fourth-order valence-electron chi connectivity index (χ4n) is 2.74. The predicted octanol–water partition coefficient (Wildman–Crippen LogP) is 4.14. The molecule has 0 bridgehead atoms. The molecule has 1 atom stereocenters. The Morgan fingerprint density at radius 3 is 2.62 bits per heavy atom. The number of aromatic nitrogens is 3. The maximum atomic E-state index is 12.6. The molecule has 1 aliphatic heterocycles. The minimum absolute atomic E-state index is 0.291. The molecule has 2 aromatic rings. The Balaban J connectivity index is 1.62. The van der Waals surface area contributed by atoms with Crippen LogP contribution >= 0.6 is 11.8 Å². The van der Waals surface area contributed by atoms with Gasteiger partial charge >= 0.3 is 6.18 Å². The lowest BCUT2D eigenvalue weighted by Gasteiger charge is -2.13. The normalized spacial score (nSPS) is 15.8. The molecule has 5 nitrogen and oxygen atoms in total. The zero-order valence-electron chi connectivity index (χ0n) is 14.2. The highest BCUT2D eigenvalue weighted by Gasteiger charge is 2.30. The van der Waals surface area contributed by atoms with Crippen LogP contribution in [0.4, 0.5) is 18.9 Å². The van der Waals surface area contributed by atoms with Gasteiger partial charge in [0.1, 0.15) is 5.82 Å². The Morgan fingerprint density at radius 1 is 1.19 bits per heavy atom. The molecule has 0 saturated carbocycles. The molecule has 0 aliphatic carbocycles. The van der Waals surface area contributed by atoms with Gasteiger partial charge < -0.3 is 9.88 Å². The van der Waals surface area contributed by atoms with E-state index in [4.69, 9.17) is 0 Å². The third-order valence-corrected chi connectivity index (χ3v) is 5.29. The Labute approximate surface area is 153 Å². The summed E-state index contributed by atoms with van der Waals surface area (Å²) in [6.07, 6.45) is -0.203. The number of anilines is 1. The number of nitrogens with one attached hydrogen (secondary N) is 1. The molecule has 0 radical (unpaired) electrons. The lowest BCUT2D eigenvalue weighted by molar-refractivity contribution is -0.137. The van der Waals surface area contributed by atoms with Crippen molar-refractivity contribution >= 4 is 23.4 Å². The van der Waals surface area contributed by atoms with E-state index in [1.54, 1.807) is 6.92 Å². The van der Waals surface area contributed by atoms with E-state index in [1.165, 1.54) is 23.9 Å². The molecule has 26 heavy (non-hydrogen) atoms. The van der Waals surface area contributed by atoms with Gasteiger partial charge in [-0.3, -0.25) is 4.79 Å². The van der Waals surface area contributed by atoms with Crippen molar-refractivity contribution in [2.45, 2.75) is 55.7 Å². The van der Waals surface area contributed by atoms with Crippen LogP contribution in [0.5, 0.6) is 0 Å². The Bertz CT molecular complexity index is 773. The van der Waals surface area contributed by atoms with Gasteiger partial charge in [-0.05, 0) is 44.0 Å². The minimum Gasteiger partial charge on any atom is -0.325 e. The Kier molecular flexibility index (Phi) is 5.55. The molecule has 9 heteroatoms. The van der Waals surface area contributed by atoms with Crippen LogP contribution in [0.1, 0.15) is 37.6 Å². The third kappa shape index (κ3) is 4.38. The SMILES string of the molecule is CC(Sc1nnc2n1CCCCC2)C(=O)Nc1ccc(C(F)(F)F)cc1.